The molecule has 1 aromatic heterocycles. The summed E-state index contributed by atoms with van der Waals surface area (Å²) in [6.07, 6.45) is 5.66. The fourth-order valence-corrected chi connectivity index (χ4v) is 4.60. The summed E-state index contributed by atoms with van der Waals surface area (Å²) in [6, 6.07) is 13.9. The molecular weight excluding hydrogens is 470 g/mol. The Balaban J connectivity index is 1.31. The molecule has 200 valence electrons. The Hall–Kier alpha value is -3.07. The third kappa shape index (κ3) is 7.71. The second-order valence-corrected chi connectivity index (χ2v) is 9.67. The van der Waals surface area contributed by atoms with E-state index in [1.807, 2.05) is 55.7 Å². The van der Waals surface area contributed by atoms with Gasteiger partial charge in [-0.25, -0.2) is 4.98 Å². The second kappa shape index (κ2) is 12.9. The van der Waals surface area contributed by atoms with Crippen LogP contribution in [-0.2, 0) is 24.2 Å². The summed E-state index contributed by atoms with van der Waals surface area (Å²) in [5, 5.41) is 11.3. The topological polar surface area (TPSA) is 78.2 Å². The molecule has 1 saturated heterocycles. The maximum atomic E-state index is 11.3. The van der Waals surface area contributed by atoms with E-state index in [4.69, 9.17) is 18.9 Å². The molecule has 0 amide bonds. The normalized spacial score (nSPS) is 18.4. The summed E-state index contributed by atoms with van der Waals surface area (Å²) in [5.41, 5.74) is 1.10. The SMILES string of the molecule is CCc1nccn1CCCOc1ccc(CN2CCOCC(O)(COc3cccc(C)c3)C2)cc1OC. The van der Waals surface area contributed by atoms with E-state index in [0.29, 0.717) is 32.1 Å². The first kappa shape index (κ1) is 27.0. The molecule has 8 nitrogen and oxygen atoms in total. The number of aromatic nitrogens is 2. The van der Waals surface area contributed by atoms with Crippen molar-refractivity contribution >= 4 is 0 Å². The molecular formula is C29H39N3O5. The number of methoxy groups -OCH3 is 1. The molecule has 1 fully saturated rings. The smallest absolute Gasteiger partial charge is 0.161 e. The van der Waals surface area contributed by atoms with Gasteiger partial charge in [-0.15, -0.1) is 0 Å². The Morgan fingerprint density at radius 2 is 2.03 bits per heavy atom. The van der Waals surface area contributed by atoms with Crippen molar-refractivity contribution in [1.29, 1.82) is 0 Å². The summed E-state index contributed by atoms with van der Waals surface area (Å²) < 4.78 is 25.5. The van der Waals surface area contributed by atoms with Gasteiger partial charge < -0.3 is 28.6 Å². The first-order valence-corrected chi connectivity index (χ1v) is 13.0. The van der Waals surface area contributed by atoms with Crippen LogP contribution in [0.25, 0.3) is 0 Å². The van der Waals surface area contributed by atoms with Crippen LogP contribution in [0.4, 0.5) is 0 Å². The molecule has 4 rings (SSSR count). The molecule has 1 atom stereocenters. The quantitative estimate of drug-likeness (QED) is 0.371. The number of rotatable bonds is 12. The van der Waals surface area contributed by atoms with Gasteiger partial charge in [-0.2, -0.15) is 0 Å². The van der Waals surface area contributed by atoms with E-state index < -0.39 is 5.60 Å². The number of aliphatic hydroxyl groups is 1. The lowest BCUT2D eigenvalue weighted by molar-refractivity contribution is -0.0646. The Kier molecular flexibility index (Phi) is 9.44. The predicted octanol–water partition coefficient (Wildman–Crippen LogP) is 3.87. The van der Waals surface area contributed by atoms with Crippen molar-refractivity contribution in [3.05, 3.63) is 71.8 Å². The van der Waals surface area contributed by atoms with E-state index in [1.54, 1.807) is 7.11 Å². The van der Waals surface area contributed by atoms with Crippen LogP contribution < -0.4 is 14.2 Å². The van der Waals surface area contributed by atoms with Crippen LogP contribution >= 0.6 is 0 Å². The van der Waals surface area contributed by atoms with Gasteiger partial charge in [0.2, 0.25) is 0 Å². The molecule has 2 heterocycles. The molecule has 37 heavy (non-hydrogen) atoms. The third-order valence-electron chi connectivity index (χ3n) is 6.49. The van der Waals surface area contributed by atoms with Crippen molar-refractivity contribution < 1.29 is 24.1 Å². The molecule has 1 aliphatic heterocycles. The molecule has 0 bridgehead atoms. The van der Waals surface area contributed by atoms with E-state index in [2.05, 4.69) is 27.4 Å². The van der Waals surface area contributed by atoms with Crippen LogP contribution in [0.2, 0.25) is 0 Å². The van der Waals surface area contributed by atoms with E-state index in [0.717, 1.165) is 54.4 Å². The molecule has 0 spiro atoms. The highest BCUT2D eigenvalue weighted by Gasteiger charge is 2.33. The lowest BCUT2D eigenvalue weighted by Crippen LogP contribution is -2.48. The molecule has 0 radical (unpaired) electrons. The minimum Gasteiger partial charge on any atom is -0.493 e. The lowest BCUT2D eigenvalue weighted by atomic mass is 10.1. The van der Waals surface area contributed by atoms with Crippen LogP contribution in [-0.4, -0.2) is 71.8 Å². The zero-order valence-electron chi connectivity index (χ0n) is 22.2. The monoisotopic (exact) mass is 509 g/mol. The average molecular weight is 510 g/mol. The van der Waals surface area contributed by atoms with Crippen molar-refractivity contribution in [2.45, 2.75) is 45.4 Å². The van der Waals surface area contributed by atoms with Gasteiger partial charge in [-0.05, 0) is 48.7 Å². The Bertz CT molecular complexity index is 1130. The summed E-state index contributed by atoms with van der Waals surface area (Å²) in [6.45, 7) is 8.40. The number of ether oxygens (including phenoxy) is 4. The minimum absolute atomic E-state index is 0.169. The van der Waals surface area contributed by atoms with Gasteiger partial charge in [0, 0.05) is 45.0 Å². The average Bonchev–Trinajstić information content (AvgIpc) is 3.27. The summed E-state index contributed by atoms with van der Waals surface area (Å²) in [5.74, 6) is 3.28. The lowest BCUT2D eigenvalue weighted by Gasteiger charge is -2.30. The first-order valence-electron chi connectivity index (χ1n) is 13.0. The van der Waals surface area contributed by atoms with Crippen LogP contribution in [0, 0.1) is 6.92 Å². The van der Waals surface area contributed by atoms with Gasteiger partial charge in [-0.3, -0.25) is 4.90 Å². The fraction of sp³-hybridized carbons (Fsp3) is 0.483. The van der Waals surface area contributed by atoms with Crippen molar-refractivity contribution in [1.82, 2.24) is 14.5 Å². The number of hydrogen-bond donors (Lipinski definition) is 1. The molecule has 1 unspecified atom stereocenters. The Morgan fingerprint density at radius 3 is 2.84 bits per heavy atom. The van der Waals surface area contributed by atoms with Crippen LogP contribution in [0.5, 0.6) is 17.2 Å². The number of benzene rings is 2. The number of imidazole rings is 1. The predicted molar refractivity (Wildman–Crippen MR) is 142 cm³/mol. The maximum Gasteiger partial charge on any atom is 0.161 e. The molecule has 1 N–H and O–H groups in total. The van der Waals surface area contributed by atoms with Crippen molar-refractivity contribution in [2.24, 2.45) is 0 Å². The van der Waals surface area contributed by atoms with Gasteiger partial charge in [-0.1, -0.05) is 25.1 Å². The zero-order valence-corrected chi connectivity index (χ0v) is 22.2. The maximum absolute atomic E-state index is 11.3. The summed E-state index contributed by atoms with van der Waals surface area (Å²) >= 11 is 0. The highest BCUT2D eigenvalue weighted by molar-refractivity contribution is 5.43. The summed E-state index contributed by atoms with van der Waals surface area (Å²) in [4.78, 5) is 6.56. The van der Waals surface area contributed by atoms with Gasteiger partial charge >= 0.3 is 0 Å². The second-order valence-electron chi connectivity index (χ2n) is 9.67. The van der Waals surface area contributed by atoms with Crippen LogP contribution in [0.1, 0.15) is 30.3 Å². The zero-order chi connectivity index (χ0) is 26.1. The van der Waals surface area contributed by atoms with Gasteiger partial charge in [0.25, 0.3) is 0 Å². The number of aryl methyl sites for hydroxylation is 3. The van der Waals surface area contributed by atoms with E-state index in [1.165, 1.54) is 0 Å². The first-order chi connectivity index (χ1) is 18.0. The van der Waals surface area contributed by atoms with Crippen molar-refractivity contribution in [3.63, 3.8) is 0 Å². The van der Waals surface area contributed by atoms with Crippen LogP contribution in [0.15, 0.2) is 54.9 Å². The molecule has 0 saturated carbocycles. The molecule has 8 heteroatoms. The standard InChI is InChI=1S/C29H39N3O5/c1-4-28-30-11-13-32(28)12-6-15-36-26-10-9-24(18-27(26)34-3)19-31-14-16-35-21-29(33,20-31)22-37-25-8-5-7-23(2)17-25/h5,7-11,13,17-18,33H,4,6,12,14-16,19-22H2,1-3H3. The van der Waals surface area contributed by atoms with E-state index in [9.17, 15) is 5.11 Å². The Morgan fingerprint density at radius 1 is 1.14 bits per heavy atom. The fourth-order valence-electron chi connectivity index (χ4n) is 4.60. The van der Waals surface area contributed by atoms with Gasteiger partial charge in [0.05, 0.1) is 26.9 Å². The molecule has 3 aromatic rings. The van der Waals surface area contributed by atoms with Crippen molar-refractivity contribution in [3.8, 4) is 17.2 Å². The molecule has 1 aliphatic rings. The van der Waals surface area contributed by atoms with E-state index >= 15 is 0 Å². The van der Waals surface area contributed by atoms with E-state index in [-0.39, 0.29) is 13.2 Å². The van der Waals surface area contributed by atoms with Crippen molar-refractivity contribution in [2.75, 3.05) is 46.6 Å². The van der Waals surface area contributed by atoms with Gasteiger partial charge in [0.15, 0.2) is 11.5 Å². The highest BCUT2D eigenvalue weighted by Crippen LogP contribution is 2.29. The largest absolute Gasteiger partial charge is 0.493 e. The Labute approximate surface area is 219 Å². The molecule has 2 aromatic carbocycles. The number of hydrogen-bond acceptors (Lipinski definition) is 7. The highest BCUT2D eigenvalue weighted by atomic mass is 16.5. The van der Waals surface area contributed by atoms with Crippen LogP contribution in [0.3, 0.4) is 0 Å². The summed E-state index contributed by atoms with van der Waals surface area (Å²) in [7, 11) is 1.66. The third-order valence-corrected chi connectivity index (χ3v) is 6.49. The molecule has 0 aliphatic carbocycles. The van der Waals surface area contributed by atoms with Gasteiger partial charge in [0.1, 0.15) is 23.8 Å². The number of β-amino-alcohol motifs (C(OH)–C–C–N with tert-alkyl or cyclic N) is 1. The minimum atomic E-state index is -1.10. The number of nitrogens with zero attached hydrogens (tertiary/aromatic N) is 3.